The monoisotopic (exact) mass is 351 g/mol. The molecule has 0 unspecified atom stereocenters. The van der Waals surface area contributed by atoms with Crippen molar-refractivity contribution in [2.75, 3.05) is 6.61 Å². The Kier molecular flexibility index (Phi) is 4.32. The van der Waals surface area contributed by atoms with Gasteiger partial charge in [-0.1, -0.05) is 12.1 Å². The molecule has 1 aliphatic rings. The van der Waals surface area contributed by atoms with E-state index in [-0.39, 0.29) is 12.4 Å². The zero-order valence-corrected chi connectivity index (χ0v) is 14.5. The highest BCUT2D eigenvalue weighted by Gasteiger charge is 2.15. The summed E-state index contributed by atoms with van der Waals surface area (Å²) in [6.07, 6.45) is 4.48. The zero-order valence-electron chi connectivity index (χ0n) is 13.7. The van der Waals surface area contributed by atoms with E-state index in [0.717, 1.165) is 23.1 Å². The molecule has 4 rings (SSSR count). The number of aromatic nitrogens is 1. The molecule has 0 saturated heterocycles. The van der Waals surface area contributed by atoms with Crippen molar-refractivity contribution in [2.24, 2.45) is 0 Å². The molecule has 1 aliphatic carbocycles. The van der Waals surface area contributed by atoms with Gasteiger partial charge in [-0.15, -0.1) is 11.3 Å². The summed E-state index contributed by atoms with van der Waals surface area (Å²) in [5.41, 5.74) is 6.23. The Balaban J connectivity index is 1.43. The van der Waals surface area contributed by atoms with Crippen molar-refractivity contribution in [1.82, 2.24) is 4.98 Å². The number of hydrogen-bond acceptors (Lipinski definition) is 5. The van der Waals surface area contributed by atoms with Gasteiger partial charge in [0.05, 0.1) is 21.3 Å². The minimum atomic E-state index is -0.485. The van der Waals surface area contributed by atoms with Crippen LogP contribution in [-0.4, -0.2) is 23.3 Å². The highest BCUT2D eigenvalue weighted by molar-refractivity contribution is 7.16. The Morgan fingerprint density at radius 1 is 1.00 bits per heavy atom. The summed E-state index contributed by atoms with van der Waals surface area (Å²) in [6, 6.07) is 11.0. The molecule has 3 aromatic rings. The number of aryl methyl sites for hydroxylation is 2. The molecule has 0 atom stereocenters. The lowest BCUT2D eigenvalue weighted by Crippen LogP contribution is -2.15. The number of rotatable bonds is 4. The van der Waals surface area contributed by atoms with Crippen LogP contribution in [0.3, 0.4) is 0 Å². The van der Waals surface area contributed by atoms with Crippen molar-refractivity contribution in [3.8, 4) is 0 Å². The van der Waals surface area contributed by atoms with Crippen molar-refractivity contribution in [3.05, 3.63) is 64.2 Å². The Morgan fingerprint density at radius 2 is 1.80 bits per heavy atom. The number of benzene rings is 2. The molecule has 0 spiro atoms. The standard InChI is InChI=1S/C20H17NO3S/c22-18(15-6-5-13-3-1-2-4-14(13)9-15)11-24-20(23)16-7-8-17-19(10-16)25-12-21-17/h5-10,12H,1-4,11H2. The van der Waals surface area contributed by atoms with Gasteiger partial charge in [0.2, 0.25) is 0 Å². The summed E-state index contributed by atoms with van der Waals surface area (Å²) >= 11 is 1.47. The molecule has 0 amide bonds. The van der Waals surface area contributed by atoms with Crippen LogP contribution in [0.15, 0.2) is 41.9 Å². The maximum Gasteiger partial charge on any atom is 0.338 e. The third kappa shape index (κ3) is 3.33. The number of thiazole rings is 1. The van der Waals surface area contributed by atoms with Crippen LogP contribution < -0.4 is 0 Å². The highest BCUT2D eigenvalue weighted by atomic mass is 32.1. The molecule has 1 heterocycles. The fourth-order valence-corrected chi connectivity index (χ4v) is 3.90. The molecule has 0 radical (unpaired) electrons. The van der Waals surface area contributed by atoms with E-state index in [4.69, 9.17) is 4.74 Å². The van der Waals surface area contributed by atoms with E-state index in [1.807, 2.05) is 18.2 Å². The molecular weight excluding hydrogens is 334 g/mol. The first-order valence-corrected chi connectivity index (χ1v) is 9.24. The summed E-state index contributed by atoms with van der Waals surface area (Å²) in [7, 11) is 0. The molecule has 1 aromatic heterocycles. The van der Waals surface area contributed by atoms with Crippen LogP contribution in [-0.2, 0) is 17.6 Å². The second kappa shape index (κ2) is 6.76. The van der Waals surface area contributed by atoms with Crippen molar-refractivity contribution >= 4 is 33.3 Å². The summed E-state index contributed by atoms with van der Waals surface area (Å²) in [4.78, 5) is 28.7. The predicted molar refractivity (Wildman–Crippen MR) is 97.3 cm³/mol. The Labute approximate surface area is 149 Å². The maximum absolute atomic E-state index is 12.4. The highest BCUT2D eigenvalue weighted by Crippen LogP contribution is 2.23. The quantitative estimate of drug-likeness (QED) is 0.522. The van der Waals surface area contributed by atoms with E-state index in [9.17, 15) is 9.59 Å². The van der Waals surface area contributed by atoms with E-state index in [2.05, 4.69) is 4.98 Å². The lowest BCUT2D eigenvalue weighted by Gasteiger charge is -2.16. The van der Waals surface area contributed by atoms with E-state index in [1.165, 1.54) is 35.3 Å². The van der Waals surface area contributed by atoms with Gasteiger partial charge < -0.3 is 4.74 Å². The number of esters is 1. The first-order valence-electron chi connectivity index (χ1n) is 8.36. The van der Waals surface area contributed by atoms with Crippen molar-refractivity contribution in [2.45, 2.75) is 25.7 Å². The van der Waals surface area contributed by atoms with E-state index < -0.39 is 5.97 Å². The smallest absolute Gasteiger partial charge is 0.338 e. The summed E-state index contributed by atoms with van der Waals surface area (Å²) in [6.45, 7) is -0.238. The lowest BCUT2D eigenvalue weighted by atomic mass is 9.90. The lowest BCUT2D eigenvalue weighted by molar-refractivity contribution is 0.0475. The minimum Gasteiger partial charge on any atom is -0.454 e. The van der Waals surface area contributed by atoms with E-state index in [1.54, 1.807) is 23.7 Å². The molecular formula is C20H17NO3S. The average molecular weight is 351 g/mol. The second-order valence-electron chi connectivity index (χ2n) is 6.22. The zero-order chi connectivity index (χ0) is 17.2. The number of ketones is 1. The number of nitrogens with zero attached hydrogens (tertiary/aromatic N) is 1. The van der Waals surface area contributed by atoms with Crippen molar-refractivity contribution < 1.29 is 14.3 Å². The molecule has 0 N–H and O–H groups in total. The normalized spacial score (nSPS) is 13.4. The topological polar surface area (TPSA) is 56.3 Å². The number of ether oxygens (including phenoxy) is 1. The van der Waals surface area contributed by atoms with Crippen LogP contribution in [0, 0.1) is 0 Å². The van der Waals surface area contributed by atoms with Crippen LogP contribution in [0.1, 0.15) is 44.7 Å². The third-order valence-corrected chi connectivity index (χ3v) is 5.36. The van der Waals surface area contributed by atoms with Crippen molar-refractivity contribution in [3.63, 3.8) is 0 Å². The van der Waals surface area contributed by atoms with Crippen LogP contribution >= 0.6 is 11.3 Å². The van der Waals surface area contributed by atoms with Crippen molar-refractivity contribution in [1.29, 1.82) is 0 Å². The summed E-state index contributed by atoms with van der Waals surface area (Å²) in [5, 5.41) is 0. The van der Waals surface area contributed by atoms with Gasteiger partial charge in [0.1, 0.15) is 0 Å². The van der Waals surface area contributed by atoms with Gasteiger partial charge in [-0.2, -0.15) is 0 Å². The first kappa shape index (κ1) is 16.0. The molecule has 0 fully saturated rings. The van der Waals surface area contributed by atoms with Crippen LogP contribution in [0.25, 0.3) is 10.2 Å². The van der Waals surface area contributed by atoms with Gasteiger partial charge in [0, 0.05) is 5.56 Å². The number of hydrogen-bond donors (Lipinski definition) is 0. The van der Waals surface area contributed by atoms with E-state index in [0.29, 0.717) is 11.1 Å². The molecule has 0 saturated carbocycles. The molecule has 2 aromatic carbocycles. The summed E-state index contributed by atoms with van der Waals surface area (Å²) < 4.78 is 6.14. The SMILES string of the molecule is O=C(COC(=O)c1ccc2ncsc2c1)c1ccc2c(c1)CCCC2. The minimum absolute atomic E-state index is 0.166. The number of carbonyl (C=O) groups is 2. The van der Waals surface area contributed by atoms with Gasteiger partial charge in [-0.05, 0) is 61.1 Å². The molecule has 0 bridgehead atoms. The fraction of sp³-hybridized carbons (Fsp3) is 0.250. The maximum atomic E-state index is 12.4. The number of carbonyl (C=O) groups excluding carboxylic acids is 2. The number of fused-ring (bicyclic) bond motifs is 2. The molecule has 126 valence electrons. The Bertz CT molecular complexity index is 960. The molecule has 5 heteroatoms. The second-order valence-corrected chi connectivity index (χ2v) is 7.11. The molecule has 25 heavy (non-hydrogen) atoms. The number of Topliss-reactive ketones (excluding diaryl/α,β-unsaturated/α-hetero) is 1. The third-order valence-electron chi connectivity index (χ3n) is 4.57. The van der Waals surface area contributed by atoms with Gasteiger partial charge >= 0.3 is 5.97 Å². The van der Waals surface area contributed by atoms with E-state index >= 15 is 0 Å². The van der Waals surface area contributed by atoms with Gasteiger partial charge in [0.15, 0.2) is 12.4 Å². The first-order chi connectivity index (χ1) is 12.2. The largest absolute Gasteiger partial charge is 0.454 e. The van der Waals surface area contributed by atoms with Crippen LogP contribution in [0.2, 0.25) is 0 Å². The van der Waals surface area contributed by atoms with Gasteiger partial charge in [-0.25, -0.2) is 9.78 Å². The molecule has 4 nitrogen and oxygen atoms in total. The van der Waals surface area contributed by atoms with Crippen LogP contribution in [0.4, 0.5) is 0 Å². The average Bonchev–Trinajstić information content (AvgIpc) is 3.13. The van der Waals surface area contributed by atoms with Gasteiger partial charge in [0.25, 0.3) is 0 Å². The predicted octanol–water partition coefficient (Wildman–Crippen LogP) is 4.21. The molecule has 0 aliphatic heterocycles. The Hall–Kier alpha value is -2.53. The fourth-order valence-electron chi connectivity index (χ4n) is 3.19. The van der Waals surface area contributed by atoms with Crippen LogP contribution in [0.5, 0.6) is 0 Å². The Morgan fingerprint density at radius 3 is 2.68 bits per heavy atom. The summed E-state index contributed by atoms with van der Waals surface area (Å²) in [5.74, 6) is -0.651. The van der Waals surface area contributed by atoms with Gasteiger partial charge in [-0.3, -0.25) is 4.79 Å².